The van der Waals surface area contributed by atoms with E-state index in [1.54, 1.807) is 0 Å². The average molecular weight is 370 g/mol. The monoisotopic (exact) mass is 369 g/mol. The van der Waals surface area contributed by atoms with Crippen LogP contribution < -0.4 is 9.47 Å². The van der Waals surface area contributed by atoms with E-state index in [0.29, 0.717) is 30.0 Å². The number of nitrogens with zero attached hydrogens (tertiary/aromatic N) is 1. The Morgan fingerprint density at radius 1 is 1.24 bits per heavy atom. The molecule has 0 saturated carbocycles. The minimum Gasteiger partial charge on any atom is -0.491 e. The van der Waals surface area contributed by atoms with Gasteiger partial charge in [0.05, 0.1) is 17.7 Å². The first-order valence-corrected chi connectivity index (χ1v) is 7.21. The van der Waals surface area contributed by atoms with Gasteiger partial charge in [-0.1, -0.05) is 0 Å². The third-order valence-electron chi connectivity index (χ3n) is 2.91. The molecule has 8 heteroatoms. The van der Waals surface area contributed by atoms with Gasteiger partial charge < -0.3 is 14.2 Å². The second kappa shape index (κ2) is 7.33. The predicted octanol–water partition coefficient (Wildman–Crippen LogP) is 3.06. The molecule has 0 amide bonds. The van der Waals surface area contributed by atoms with Crippen molar-refractivity contribution in [1.29, 1.82) is 0 Å². The summed E-state index contributed by atoms with van der Waals surface area (Å²) in [5.74, 6) is 0.202. The molecule has 1 aliphatic rings. The van der Waals surface area contributed by atoms with Crippen molar-refractivity contribution in [2.75, 3.05) is 39.5 Å². The minimum atomic E-state index is -4.70. The molecule has 1 saturated heterocycles. The summed E-state index contributed by atoms with van der Waals surface area (Å²) in [7, 11) is 0. The van der Waals surface area contributed by atoms with Gasteiger partial charge >= 0.3 is 6.36 Å². The van der Waals surface area contributed by atoms with Crippen LogP contribution in [0.5, 0.6) is 11.5 Å². The Balaban J connectivity index is 1.83. The van der Waals surface area contributed by atoms with Gasteiger partial charge in [-0.2, -0.15) is 0 Å². The summed E-state index contributed by atoms with van der Waals surface area (Å²) < 4.78 is 51.3. The first kappa shape index (κ1) is 16.4. The van der Waals surface area contributed by atoms with Gasteiger partial charge in [-0.05, 0) is 34.1 Å². The van der Waals surface area contributed by atoms with Crippen molar-refractivity contribution in [3.8, 4) is 11.5 Å². The van der Waals surface area contributed by atoms with Crippen LogP contribution in [0.4, 0.5) is 13.2 Å². The van der Waals surface area contributed by atoms with Gasteiger partial charge in [0.2, 0.25) is 0 Å². The predicted molar refractivity (Wildman–Crippen MR) is 73.6 cm³/mol. The Hall–Kier alpha value is -0.990. The van der Waals surface area contributed by atoms with Crippen LogP contribution in [0.1, 0.15) is 0 Å². The van der Waals surface area contributed by atoms with Crippen LogP contribution in [0.15, 0.2) is 22.7 Å². The molecule has 2 rings (SSSR count). The molecule has 0 atom stereocenters. The van der Waals surface area contributed by atoms with Crippen molar-refractivity contribution in [3.05, 3.63) is 22.7 Å². The molecule has 0 N–H and O–H groups in total. The Morgan fingerprint density at radius 2 is 1.95 bits per heavy atom. The van der Waals surface area contributed by atoms with Crippen molar-refractivity contribution in [2.45, 2.75) is 6.36 Å². The van der Waals surface area contributed by atoms with Gasteiger partial charge in [-0.3, -0.25) is 4.90 Å². The van der Waals surface area contributed by atoms with Crippen LogP contribution in [0, 0.1) is 0 Å². The van der Waals surface area contributed by atoms with Gasteiger partial charge in [0, 0.05) is 19.6 Å². The Kier molecular flexibility index (Phi) is 5.72. The number of rotatable bonds is 5. The smallest absolute Gasteiger partial charge is 0.491 e. The molecule has 0 spiro atoms. The van der Waals surface area contributed by atoms with Crippen molar-refractivity contribution in [3.63, 3.8) is 0 Å². The molecule has 1 heterocycles. The molecule has 0 radical (unpaired) electrons. The molecular weight excluding hydrogens is 355 g/mol. The topological polar surface area (TPSA) is 30.9 Å². The molecular formula is C13H15BrF3NO3. The van der Waals surface area contributed by atoms with Crippen LogP contribution in [0.25, 0.3) is 0 Å². The van der Waals surface area contributed by atoms with Crippen LogP contribution >= 0.6 is 15.9 Å². The fourth-order valence-electron chi connectivity index (χ4n) is 1.91. The summed E-state index contributed by atoms with van der Waals surface area (Å²) in [5, 5.41) is 0. The van der Waals surface area contributed by atoms with E-state index in [4.69, 9.17) is 9.47 Å². The molecule has 1 aromatic carbocycles. The third kappa shape index (κ3) is 5.72. The van der Waals surface area contributed by atoms with Crippen LogP contribution in [-0.2, 0) is 4.74 Å². The first-order valence-electron chi connectivity index (χ1n) is 6.42. The Morgan fingerprint density at radius 3 is 2.57 bits per heavy atom. The summed E-state index contributed by atoms with van der Waals surface area (Å²) in [4.78, 5) is 2.21. The zero-order valence-corrected chi connectivity index (χ0v) is 12.7. The maximum Gasteiger partial charge on any atom is 0.573 e. The van der Waals surface area contributed by atoms with E-state index in [1.807, 2.05) is 0 Å². The highest BCUT2D eigenvalue weighted by molar-refractivity contribution is 9.10. The lowest BCUT2D eigenvalue weighted by Gasteiger charge is -2.26. The van der Waals surface area contributed by atoms with Crippen molar-refractivity contribution in [1.82, 2.24) is 4.90 Å². The minimum absolute atomic E-state index is 0.282. The second-order valence-corrected chi connectivity index (χ2v) is 5.30. The standard InChI is InChI=1S/C13H15BrF3NO3/c14-11-9-10(21-13(15,16)17)1-2-12(11)20-8-5-18-3-6-19-7-4-18/h1-2,9H,3-8H2. The highest BCUT2D eigenvalue weighted by Crippen LogP contribution is 2.31. The highest BCUT2D eigenvalue weighted by Gasteiger charge is 2.31. The molecule has 0 aliphatic carbocycles. The molecule has 0 aromatic heterocycles. The zero-order chi connectivity index (χ0) is 15.3. The number of morpholine rings is 1. The molecule has 21 heavy (non-hydrogen) atoms. The number of halogens is 4. The zero-order valence-electron chi connectivity index (χ0n) is 11.2. The van der Waals surface area contributed by atoms with E-state index in [-0.39, 0.29) is 5.75 Å². The molecule has 4 nitrogen and oxygen atoms in total. The number of benzene rings is 1. The van der Waals surface area contributed by atoms with Crippen LogP contribution in [0.2, 0.25) is 0 Å². The highest BCUT2D eigenvalue weighted by atomic mass is 79.9. The number of ether oxygens (including phenoxy) is 3. The number of hydrogen-bond acceptors (Lipinski definition) is 4. The summed E-state index contributed by atoms with van der Waals surface area (Å²) in [6.07, 6.45) is -4.70. The average Bonchev–Trinajstić information content (AvgIpc) is 2.41. The number of alkyl halides is 3. The third-order valence-corrected chi connectivity index (χ3v) is 3.53. The van der Waals surface area contributed by atoms with Gasteiger partial charge in [0.15, 0.2) is 0 Å². The maximum atomic E-state index is 12.1. The molecule has 0 unspecified atom stereocenters. The SMILES string of the molecule is FC(F)(F)Oc1ccc(OCCN2CCOCC2)c(Br)c1. The summed E-state index contributed by atoms with van der Waals surface area (Å²) in [6, 6.07) is 3.91. The quantitative estimate of drug-likeness (QED) is 0.798. The van der Waals surface area contributed by atoms with Gasteiger partial charge in [0.1, 0.15) is 18.1 Å². The largest absolute Gasteiger partial charge is 0.573 e. The Labute approximate surface area is 128 Å². The fourth-order valence-corrected chi connectivity index (χ4v) is 2.38. The molecule has 1 aromatic rings. The van der Waals surface area contributed by atoms with Crippen molar-refractivity contribution < 1.29 is 27.4 Å². The van der Waals surface area contributed by atoms with E-state index >= 15 is 0 Å². The molecule has 1 aliphatic heterocycles. The van der Waals surface area contributed by atoms with Gasteiger partial charge in [-0.25, -0.2) is 0 Å². The lowest BCUT2D eigenvalue weighted by atomic mass is 10.3. The van der Waals surface area contributed by atoms with E-state index in [9.17, 15) is 13.2 Å². The van der Waals surface area contributed by atoms with Crippen LogP contribution in [0.3, 0.4) is 0 Å². The first-order chi connectivity index (χ1) is 9.94. The van der Waals surface area contributed by atoms with E-state index in [1.165, 1.54) is 18.2 Å². The normalized spacial score (nSPS) is 16.8. The van der Waals surface area contributed by atoms with E-state index < -0.39 is 6.36 Å². The van der Waals surface area contributed by atoms with Crippen molar-refractivity contribution in [2.24, 2.45) is 0 Å². The molecule has 1 fully saturated rings. The maximum absolute atomic E-state index is 12.1. The number of hydrogen-bond donors (Lipinski definition) is 0. The van der Waals surface area contributed by atoms with Gasteiger partial charge in [0.25, 0.3) is 0 Å². The van der Waals surface area contributed by atoms with Gasteiger partial charge in [-0.15, -0.1) is 13.2 Å². The summed E-state index contributed by atoms with van der Waals surface area (Å²) >= 11 is 3.17. The summed E-state index contributed by atoms with van der Waals surface area (Å²) in [6.45, 7) is 4.36. The molecule has 118 valence electrons. The lowest BCUT2D eigenvalue weighted by Crippen LogP contribution is -2.38. The lowest BCUT2D eigenvalue weighted by molar-refractivity contribution is -0.274. The van der Waals surface area contributed by atoms with Crippen molar-refractivity contribution >= 4 is 15.9 Å². The Bertz CT molecular complexity index is 464. The second-order valence-electron chi connectivity index (χ2n) is 4.44. The summed E-state index contributed by atoms with van der Waals surface area (Å²) in [5.41, 5.74) is 0. The van der Waals surface area contributed by atoms with E-state index in [0.717, 1.165) is 19.6 Å². The van der Waals surface area contributed by atoms with Crippen LogP contribution in [-0.4, -0.2) is 50.7 Å². The van der Waals surface area contributed by atoms with E-state index in [2.05, 4.69) is 25.6 Å². The fraction of sp³-hybridized carbons (Fsp3) is 0.538. The molecule has 0 bridgehead atoms.